The highest BCUT2D eigenvalue weighted by atomic mass is 16.1. The maximum Gasteiger partial charge on any atom is 0.146 e. The second-order valence-electron chi connectivity index (χ2n) is 4.99. The zero-order chi connectivity index (χ0) is 13.8. The van der Waals surface area contributed by atoms with Crippen molar-refractivity contribution in [1.29, 1.82) is 0 Å². The van der Waals surface area contributed by atoms with Gasteiger partial charge in [0.1, 0.15) is 6.29 Å². The Morgan fingerprint density at radius 2 is 1.35 bits per heavy atom. The Morgan fingerprint density at radius 1 is 0.700 bits per heavy atom. The van der Waals surface area contributed by atoms with Gasteiger partial charge < -0.3 is 0 Å². The van der Waals surface area contributed by atoms with E-state index in [2.05, 4.69) is 54.6 Å². The van der Waals surface area contributed by atoms with Gasteiger partial charge in [-0.25, -0.2) is 0 Å². The number of aldehydes is 1. The van der Waals surface area contributed by atoms with Crippen LogP contribution in [-0.2, 0) is 4.79 Å². The van der Waals surface area contributed by atoms with E-state index in [1.165, 1.54) is 22.3 Å². The van der Waals surface area contributed by atoms with Crippen molar-refractivity contribution < 1.29 is 4.79 Å². The molecule has 0 fully saturated rings. The lowest BCUT2D eigenvalue weighted by molar-refractivity contribution is -0.105. The predicted molar refractivity (Wildman–Crippen MR) is 83.2 cm³/mol. The maximum atomic E-state index is 10.7. The van der Waals surface area contributed by atoms with E-state index in [4.69, 9.17) is 0 Å². The molecule has 0 spiro atoms. The quantitative estimate of drug-likeness (QED) is 0.734. The van der Waals surface area contributed by atoms with Crippen LogP contribution in [0.1, 0.15) is 18.4 Å². The van der Waals surface area contributed by atoms with Crippen molar-refractivity contribution >= 4 is 11.9 Å². The molecule has 0 heterocycles. The van der Waals surface area contributed by atoms with E-state index >= 15 is 0 Å². The van der Waals surface area contributed by atoms with Gasteiger partial charge in [0.15, 0.2) is 0 Å². The van der Waals surface area contributed by atoms with Crippen molar-refractivity contribution in [2.24, 2.45) is 0 Å². The summed E-state index contributed by atoms with van der Waals surface area (Å²) >= 11 is 0. The van der Waals surface area contributed by atoms with E-state index < -0.39 is 0 Å². The molecule has 0 N–H and O–H groups in total. The summed E-state index contributed by atoms with van der Waals surface area (Å²) in [6.45, 7) is 0. The van der Waals surface area contributed by atoms with E-state index in [-0.39, 0.29) is 0 Å². The molecular formula is C19H16O. The topological polar surface area (TPSA) is 17.1 Å². The van der Waals surface area contributed by atoms with Gasteiger partial charge in [0.05, 0.1) is 0 Å². The lowest BCUT2D eigenvalue weighted by Crippen LogP contribution is -1.94. The number of carbonyl (C=O) groups excluding carboxylic acids is 1. The molecule has 0 atom stereocenters. The zero-order valence-corrected chi connectivity index (χ0v) is 11.3. The number of allylic oxidation sites excluding steroid dienone is 4. The Balaban J connectivity index is 1.86. The molecule has 1 nitrogen and oxygen atoms in total. The summed E-state index contributed by atoms with van der Waals surface area (Å²) in [6.07, 6.45) is 6.72. The van der Waals surface area contributed by atoms with E-state index in [9.17, 15) is 4.79 Å². The Morgan fingerprint density at radius 3 is 1.95 bits per heavy atom. The van der Waals surface area contributed by atoms with Gasteiger partial charge in [-0.1, -0.05) is 66.7 Å². The maximum absolute atomic E-state index is 10.7. The highest BCUT2D eigenvalue weighted by Gasteiger charge is 2.08. The van der Waals surface area contributed by atoms with Crippen LogP contribution in [0, 0.1) is 0 Å². The number of rotatable bonds is 3. The molecule has 0 aliphatic heterocycles. The van der Waals surface area contributed by atoms with Crippen LogP contribution < -0.4 is 0 Å². The minimum absolute atomic E-state index is 0.843. The van der Waals surface area contributed by atoms with Gasteiger partial charge in [0, 0.05) is 0 Å². The fourth-order valence-electron chi connectivity index (χ4n) is 2.50. The summed E-state index contributed by atoms with van der Waals surface area (Å²) in [5, 5.41) is 0. The molecule has 0 saturated heterocycles. The number of hydrogen-bond donors (Lipinski definition) is 0. The molecule has 0 amide bonds. The summed E-state index contributed by atoms with van der Waals surface area (Å²) in [5.41, 5.74) is 5.89. The van der Waals surface area contributed by atoms with E-state index in [1.807, 2.05) is 12.1 Å². The summed E-state index contributed by atoms with van der Waals surface area (Å²) in [6, 6.07) is 19.0. The van der Waals surface area contributed by atoms with Crippen molar-refractivity contribution in [2.75, 3.05) is 0 Å². The first-order valence-electron chi connectivity index (χ1n) is 6.87. The summed E-state index contributed by atoms with van der Waals surface area (Å²) in [7, 11) is 0. The van der Waals surface area contributed by atoms with Gasteiger partial charge in [-0.2, -0.15) is 0 Å². The van der Waals surface area contributed by atoms with Crippen molar-refractivity contribution in [3.8, 4) is 11.1 Å². The minimum atomic E-state index is 0.843. The summed E-state index contributed by atoms with van der Waals surface area (Å²) < 4.78 is 0. The predicted octanol–water partition coefficient (Wildman–Crippen LogP) is 4.66. The molecule has 2 aromatic rings. The van der Waals surface area contributed by atoms with Crippen molar-refractivity contribution in [1.82, 2.24) is 0 Å². The molecule has 1 aliphatic rings. The van der Waals surface area contributed by atoms with Gasteiger partial charge in [-0.3, -0.25) is 4.79 Å². The standard InChI is InChI=1S/C19H16O/c20-14-15-6-8-17(9-7-15)19-12-10-18(11-13-19)16-4-2-1-3-5-16/h1-6,8,10-14H,7,9H2. The van der Waals surface area contributed by atoms with Gasteiger partial charge in [0.2, 0.25) is 0 Å². The van der Waals surface area contributed by atoms with E-state index in [0.717, 1.165) is 24.7 Å². The fraction of sp³-hybridized carbons (Fsp3) is 0.105. The highest BCUT2D eigenvalue weighted by molar-refractivity contribution is 5.79. The molecule has 2 aromatic carbocycles. The molecule has 20 heavy (non-hydrogen) atoms. The van der Waals surface area contributed by atoms with Crippen LogP contribution in [0.2, 0.25) is 0 Å². The van der Waals surface area contributed by atoms with Crippen LogP contribution in [0.25, 0.3) is 16.7 Å². The first-order valence-corrected chi connectivity index (χ1v) is 6.87. The number of hydrogen-bond acceptors (Lipinski definition) is 1. The second kappa shape index (κ2) is 5.70. The van der Waals surface area contributed by atoms with Crippen molar-refractivity contribution in [3.63, 3.8) is 0 Å². The fourth-order valence-corrected chi connectivity index (χ4v) is 2.50. The van der Waals surface area contributed by atoms with E-state index in [1.54, 1.807) is 0 Å². The highest BCUT2D eigenvalue weighted by Crippen LogP contribution is 2.28. The Bertz CT molecular complexity index is 661. The monoisotopic (exact) mass is 260 g/mol. The van der Waals surface area contributed by atoms with Crippen LogP contribution in [0.5, 0.6) is 0 Å². The third-order valence-corrected chi connectivity index (χ3v) is 3.70. The molecule has 1 aliphatic carbocycles. The van der Waals surface area contributed by atoms with Crippen LogP contribution in [-0.4, -0.2) is 6.29 Å². The Labute approximate surface area is 119 Å². The molecule has 0 unspecified atom stereocenters. The average molecular weight is 260 g/mol. The normalized spacial score (nSPS) is 14.4. The molecule has 1 heteroatoms. The molecule has 0 bridgehead atoms. The Kier molecular flexibility index (Phi) is 3.60. The smallest absolute Gasteiger partial charge is 0.146 e. The average Bonchev–Trinajstić information content (AvgIpc) is 2.56. The van der Waals surface area contributed by atoms with Crippen LogP contribution in [0.4, 0.5) is 0 Å². The van der Waals surface area contributed by atoms with Crippen LogP contribution in [0.15, 0.2) is 72.3 Å². The summed E-state index contributed by atoms with van der Waals surface area (Å²) in [5.74, 6) is 0. The van der Waals surface area contributed by atoms with E-state index in [0.29, 0.717) is 0 Å². The van der Waals surface area contributed by atoms with Crippen LogP contribution in [0.3, 0.4) is 0 Å². The number of carbonyl (C=O) groups is 1. The second-order valence-corrected chi connectivity index (χ2v) is 4.99. The first-order chi connectivity index (χ1) is 9.86. The molecule has 0 radical (unpaired) electrons. The third-order valence-electron chi connectivity index (χ3n) is 3.70. The largest absolute Gasteiger partial charge is 0.298 e. The Hall–Kier alpha value is -2.41. The molecule has 3 rings (SSSR count). The molecule has 0 saturated carbocycles. The van der Waals surface area contributed by atoms with Gasteiger partial charge in [0.25, 0.3) is 0 Å². The van der Waals surface area contributed by atoms with Gasteiger partial charge in [-0.15, -0.1) is 0 Å². The first kappa shape index (κ1) is 12.6. The van der Waals surface area contributed by atoms with Crippen LogP contribution >= 0.6 is 0 Å². The molecule has 0 aromatic heterocycles. The van der Waals surface area contributed by atoms with Gasteiger partial charge >= 0.3 is 0 Å². The van der Waals surface area contributed by atoms with Crippen molar-refractivity contribution in [3.05, 3.63) is 77.9 Å². The zero-order valence-electron chi connectivity index (χ0n) is 11.3. The lowest BCUT2D eigenvalue weighted by Gasteiger charge is -2.12. The summed E-state index contributed by atoms with van der Waals surface area (Å²) in [4.78, 5) is 10.7. The number of benzene rings is 2. The van der Waals surface area contributed by atoms with Gasteiger partial charge in [-0.05, 0) is 40.7 Å². The minimum Gasteiger partial charge on any atom is -0.298 e. The molecular weight excluding hydrogens is 244 g/mol. The molecule has 98 valence electrons. The lowest BCUT2D eigenvalue weighted by atomic mass is 9.92. The SMILES string of the molecule is O=CC1=CC=C(c2ccc(-c3ccccc3)cc2)CC1. The third kappa shape index (κ3) is 2.62. The van der Waals surface area contributed by atoms with Crippen molar-refractivity contribution in [2.45, 2.75) is 12.8 Å².